The van der Waals surface area contributed by atoms with E-state index < -0.39 is 0 Å². The summed E-state index contributed by atoms with van der Waals surface area (Å²) in [6.45, 7) is 2.82. The number of carbonyl (C=O) groups is 2. The zero-order valence-corrected chi connectivity index (χ0v) is 15.3. The van der Waals surface area contributed by atoms with Gasteiger partial charge in [-0.05, 0) is 42.1 Å². The molecule has 0 saturated heterocycles. The molecule has 27 heavy (non-hydrogen) atoms. The van der Waals surface area contributed by atoms with E-state index in [-0.39, 0.29) is 18.4 Å². The first kappa shape index (κ1) is 18.5. The molecule has 1 heterocycles. The average molecular weight is 365 g/mol. The van der Waals surface area contributed by atoms with Gasteiger partial charge in [0.05, 0.1) is 6.61 Å². The fraction of sp³-hybridized carbons (Fsp3) is 0.238. The van der Waals surface area contributed by atoms with Crippen LogP contribution >= 0.6 is 0 Å². The van der Waals surface area contributed by atoms with Crippen LogP contribution in [0.25, 0.3) is 10.9 Å². The number of rotatable bonds is 7. The molecule has 6 nitrogen and oxygen atoms in total. The Morgan fingerprint density at radius 2 is 1.89 bits per heavy atom. The lowest BCUT2D eigenvalue weighted by Crippen LogP contribution is -2.43. The Morgan fingerprint density at radius 3 is 2.74 bits per heavy atom. The number of hydrazine groups is 1. The summed E-state index contributed by atoms with van der Waals surface area (Å²) >= 11 is 0. The van der Waals surface area contributed by atoms with Gasteiger partial charge < -0.3 is 9.30 Å². The molecule has 6 heteroatoms. The van der Waals surface area contributed by atoms with Gasteiger partial charge >= 0.3 is 0 Å². The molecule has 0 radical (unpaired) electrons. The zero-order valence-electron chi connectivity index (χ0n) is 15.3. The Bertz CT molecular complexity index is 933. The summed E-state index contributed by atoms with van der Waals surface area (Å²) in [4.78, 5) is 24.4. The van der Waals surface area contributed by atoms with Gasteiger partial charge in [-0.1, -0.05) is 37.6 Å². The highest BCUT2D eigenvalue weighted by molar-refractivity contribution is 5.95. The van der Waals surface area contributed by atoms with Crippen molar-refractivity contribution in [1.29, 1.82) is 0 Å². The number of nitrogens with zero attached hydrogens (tertiary/aromatic N) is 1. The van der Waals surface area contributed by atoms with E-state index in [1.807, 2.05) is 47.2 Å². The Hall–Kier alpha value is -3.28. The molecule has 3 rings (SSSR count). The SMILES string of the molecule is CCCCOc1cccc(C(=O)NNC(=O)Cn2ccc3ccccc32)c1. The largest absolute Gasteiger partial charge is 0.494 e. The maximum Gasteiger partial charge on any atom is 0.269 e. The monoisotopic (exact) mass is 365 g/mol. The lowest BCUT2D eigenvalue weighted by atomic mass is 10.2. The Kier molecular flexibility index (Phi) is 6.10. The molecular formula is C21H23N3O3. The molecular weight excluding hydrogens is 342 g/mol. The molecule has 3 aromatic rings. The van der Waals surface area contributed by atoms with Crippen LogP contribution in [0.3, 0.4) is 0 Å². The summed E-state index contributed by atoms with van der Waals surface area (Å²) < 4.78 is 7.44. The number of aromatic nitrogens is 1. The van der Waals surface area contributed by atoms with Gasteiger partial charge in [-0.2, -0.15) is 0 Å². The number of hydrogen-bond donors (Lipinski definition) is 2. The van der Waals surface area contributed by atoms with E-state index in [1.165, 1.54) is 0 Å². The molecule has 2 N–H and O–H groups in total. The van der Waals surface area contributed by atoms with E-state index >= 15 is 0 Å². The van der Waals surface area contributed by atoms with E-state index in [0.717, 1.165) is 23.7 Å². The normalized spacial score (nSPS) is 10.6. The van der Waals surface area contributed by atoms with Gasteiger partial charge in [0.15, 0.2) is 0 Å². The topological polar surface area (TPSA) is 72.4 Å². The Balaban J connectivity index is 1.54. The first-order valence-corrected chi connectivity index (χ1v) is 9.03. The van der Waals surface area contributed by atoms with Gasteiger partial charge in [-0.15, -0.1) is 0 Å². The van der Waals surface area contributed by atoms with Crippen molar-refractivity contribution in [3.05, 3.63) is 66.4 Å². The quantitative estimate of drug-likeness (QED) is 0.498. The highest BCUT2D eigenvalue weighted by atomic mass is 16.5. The second-order valence-electron chi connectivity index (χ2n) is 6.23. The van der Waals surface area contributed by atoms with Crippen LogP contribution in [0.5, 0.6) is 5.75 Å². The van der Waals surface area contributed by atoms with Crippen molar-refractivity contribution in [2.24, 2.45) is 0 Å². The molecule has 1 aromatic heterocycles. The third-order valence-corrected chi connectivity index (χ3v) is 4.17. The van der Waals surface area contributed by atoms with E-state index in [1.54, 1.807) is 18.2 Å². The number of fused-ring (bicyclic) bond motifs is 1. The van der Waals surface area contributed by atoms with Crippen molar-refractivity contribution >= 4 is 22.7 Å². The summed E-state index contributed by atoms with van der Waals surface area (Å²) in [5, 5.41) is 1.06. The number of unbranched alkanes of at least 4 members (excludes halogenated alkanes) is 1. The van der Waals surface area contributed by atoms with E-state index in [2.05, 4.69) is 17.8 Å². The highest BCUT2D eigenvalue weighted by Crippen LogP contribution is 2.15. The van der Waals surface area contributed by atoms with Crippen molar-refractivity contribution < 1.29 is 14.3 Å². The highest BCUT2D eigenvalue weighted by Gasteiger charge is 2.10. The number of para-hydroxylation sites is 1. The molecule has 0 bridgehead atoms. The molecule has 0 spiro atoms. The molecule has 0 aliphatic heterocycles. The molecule has 0 aliphatic rings. The molecule has 2 amide bonds. The number of benzene rings is 2. The second-order valence-corrected chi connectivity index (χ2v) is 6.23. The van der Waals surface area contributed by atoms with Crippen molar-refractivity contribution in [3.8, 4) is 5.75 Å². The summed E-state index contributed by atoms with van der Waals surface area (Å²) in [5.74, 6) is -0.0528. The van der Waals surface area contributed by atoms with Gasteiger partial charge in [0.2, 0.25) is 0 Å². The van der Waals surface area contributed by atoms with Gasteiger partial charge in [0, 0.05) is 17.3 Å². The second kappa shape index (κ2) is 8.89. The summed E-state index contributed by atoms with van der Waals surface area (Å²) in [7, 11) is 0. The average Bonchev–Trinajstić information content (AvgIpc) is 3.09. The predicted molar refractivity (Wildman–Crippen MR) is 104 cm³/mol. The summed E-state index contributed by atoms with van der Waals surface area (Å²) in [5.41, 5.74) is 6.30. The van der Waals surface area contributed by atoms with Crippen LogP contribution in [0.1, 0.15) is 30.1 Å². The minimum atomic E-state index is -0.387. The Morgan fingerprint density at radius 1 is 1.04 bits per heavy atom. The molecule has 0 fully saturated rings. The maximum atomic E-state index is 12.3. The summed E-state index contributed by atoms with van der Waals surface area (Å²) in [6, 6.07) is 16.7. The van der Waals surface area contributed by atoms with Crippen LogP contribution in [0.4, 0.5) is 0 Å². The smallest absolute Gasteiger partial charge is 0.269 e. The van der Waals surface area contributed by atoms with Crippen molar-refractivity contribution in [3.63, 3.8) is 0 Å². The van der Waals surface area contributed by atoms with E-state index in [0.29, 0.717) is 17.9 Å². The summed E-state index contributed by atoms with van der Waals surface area (Å²) in [6.07, 6.45) is 3.85. The van der Waals surface area contributed by atoms with Crippen LogP contribution < -0.4 is 15.6 Å². The van der Waals surface area contributed by atoms with E-state index in [9.17, 15) is 9.59 Å². The van der Waals surface area contributed by atoms with Crippen molar-refractivity contribution in [1.82, 2.24) is 15.4 Å². The number of hydrogen-bond acceptors (Lipinski definition) is 3. The van der Waals surface area contributed by atoms with Crippen molar-refractivity contribution in [2.45, 2.75) is 26.3 Å². The first-order valence-electron chi connectivity index (χ1n) is 9.03. The first-order chi connectivity index (χ1) is 13.2. The number of ether oxygens (including phenoxy) is 1. The minimum Gasteiger partial charge on any atom is -0.494 e. The molecule has 0 saturated carbocycles. The lowest BCUT2D eigenvalue weighted by Gasteiger charge is -2.10. The lowest BCUT2D eigenvalue weighted by molar-refractivity contribution is -0.122. The van der Waals surface area contributed by atoms with Crippen LogP contribution in [-0.2, 0) is 11.3 Å². The third-order valence-electron chi connectivity index (χ3n) is 4.17. The van der Waals surface area contributed by atoms with Gasteiger partial charge in [0.25, 0.3) is 11.8 Å². The van der Waals surface area contributed by atoms with Gasteiger partial charge in [-0.25, -0.2) is 0 Å². The van der Waals surface area contributed by atoms with Crippen LogP contribution in [0.15, 0.2) is 60.8 Å². The van der Waals surface area contributed by atoms with Crippen molar-refractivity contribution in [2.75, 3.05) is 6.61 Å². The fourth-order valence-electron chi connectivity index (χ4n) is 2.73. The zero-order chi connectivity index (χ0) is 19.1. The predicted octanol–water partition coefficient (Wildman–Crippen LogP) is 3.28. The molecule has 0 aliphatic carbocycles. The van der Waals surface area contributed by atoms with Crippen LogP contribution in [0.2, 0.25) is 0 Å². The molecule has 140 valence electrons. The van der Waals surface area contributed by atoms with Gasteiger partial charge in [0.1, 0.15) is 12.3 Å². The number of nitrogens with one attached hydrogen (secondary N) is 2. The van der Waals surface area contributed by atoms with Crippen LogP contribution in [-0.4, -0.2) is 23.0 Å². The number of amides is 2. The standard InChI is InChI=1S/C21H23N3O3/c1-2-3-13-27-18-9-6-8-17(14-18)21(26)23-22-20(25)15-24-12-11-16-7-4-5-10-19(16)24/h4-12,14H,2-3,13,15H2,1H3,(H,22,25)(H,23,26). The van der Waals surface area contributed by atoms with Crippen LogP contribution in [0, 0.1) is 0 Å². The molecule has 0 atom stereocenters. The maximum absolute atomic E-state index is 12.3. The Labute approximate surface area is 158 Å². The van der Waals surface area contributed by atoms with Gasteiger partial charge in [-0.3, -0.25) is 20.4 Å². The molecule has 0 unspecified atom stereocenters. The molecule has 2 aromatic carbocycles. The fourth-order valence-corrected chi connectivity index (χ4v) is 2.73. The minimum absolute atomic E-state index is 0.119. The number of carbonyl (C=O) groups excluding carboxylic acids is 2. The van der Waals surface area contributed by atoms with E-state index in [4.69, 9.17) is 4.74 Å². The third kappa shape index (κ3) is 4.88.